The first kappa shape index (κ1) is 33.2. The first-order valence-electron chi connectivity index (χ1n) is 13.3. The van der Waals surface area contributed by atoms with Crippen molar-refractivity contribution in [2.24, 2.45) is 0 Å². The molecule has 2 heterocycles. The van der Waals surface area contributed by atoms with E-state index in [1.165, 1.54) is 24.5 Å². The quantitative estimate of drug-likeness (QED) is 0.168. The second kappa shape index (κ2) is 13.4. The first-order chi connectivity index (χ1) is 19.5. The molecule has 232 valence electrons. The van der Waals surface area contributed by atoms with Crippen molar-refractivity contribution in [2.75, 3.05) is 18.7 Å². The van der Waals surface area contributed by atoms with Crippen molar-refractivity contribution >= 4 is 30.4 Å². The molecule has 3 rings (SSSR count). The zero-order valence-corrected chi connectivity index (χ0v) is 25.3. The van der Waals surface area contributed by atoms with E-state index in [0.717, 1.165) is 0 Å². The number of hydrogen-bond donors (Lipinski definition) is 3. The Kier molecular flexibility index (Phi) is 10.6. The zero-order valence-electron chi connectivity index (χ0n) is 24.4. The third-order valence-corrected chi connectivity index (χ3v) is 8.41. The predicted octanol–water partition coefficient (Wildman–Crippen LogP) is 4.84. The SMILES string of the molecule is CCCOC(=O)C(C)(C)NP(=O)(CO[C@H](C)Cn1cnc2c(N)ncnc21)N[C@H](C)c1ccc(OC(F)(F)F)cc1C. The van der Waals surface area contributed by atoms with Gasteiger partial charge in [-0.05, 0) is 64.3 Å². The summed E-state index contributed by atoms with van der Waals surface area (Å²) in [6, 6.07) is 3.26. The summed E-state index contributed by atoms with van der Waals surface area (Å²) in [5.74, 6) is -0.725. The van der Waals surface area contributed by atoms with Crippen LogP contribution in [0.15, 0.2) is 30.9 Å². The van der Waals surface area contributed by atoms with Crippen LogP contribution in [0.1, 0.15) is 58.2 Å². The Bertz CT molecular complexity index is 1430. The lowest BCUT2D eigenvalue weighted by Crippen LogP contribution is -2.49. The number of aryl methyl sites for hydroxylation is 1. The number of hydrogen-bond acceptors (Lipinski definition) is 9. The fourth-order valence-electron chi connectivity index (χ4n) is 4.28. The summed E-state index contributed by atoms with van der Waals surface area (Å²) in [4.78, 5) is 25.1. The predicted molar refractivity (Wildman–Crippen MR) is 151 cm³/mol. The summed E-state index contributed by atoms with van der Waals surface area (Å²) in [5, 5.41) is 5.94. The first-order valence-corrected chi connectivity index (χ1v) is 15.2. The van der Waals surface area contributed by atoms with Crippen LogP contribution in [-0.4, -0.2) is 56.4 Å². The van der Waals surface area contributed by atoms with Gasteiger partial charge < -0.3 is 24.5 Å². The Morgan fingerprint density at radius 2 is 1.90 bits per heavy atom. The molecular formula is C26H37F3N7O5P. The minimum Gasteiger partial charge on any atom is -0.464 e. The average Bonchev–Trinajstić information content (AvgIpc) is 3.28. The lowest BCUT2D eigenvalue weighted by Gasteiger charge is -2.33. The Hall–Kier alpha value is -3.26. The van der Waals surface area contributed by atoms with Gasteiger partial charge in [0.05, 0.1) is 25.6 Å². The van der Waals surface area contributed by atoms with E-state index in [1.807, 2.05) is 6.92 Å². The van der Waals surface area contributed by atoms with Crippen LogP contribution in [0.2, 0.25) is 0 Å². The van der Waals surface area contributed by atoms with Crippen molar-refractivity contribution in [3.8, 4) is 5.75 Å². The molecule has 12 nitrogen and oxygen atoms in total. The number of halogens is 3. The number of nitrogens with zero attached hydrogens (tertiary/aromatic N) is 4. The number of rotatable bonds is 14. The summed E-state index contributed by atoms with van der Waals surface area (Å²) < 4.78 is 69.4. The molecule has 3 aromatic rings. The van der Waals surface area contributed by atoms with Crippen LogP contribution in [0.3, 0.4) is 0 Å². The average molecular weight is 616 g/mol. The van der Waals surface area contributed by atoms with E-state index in [0.29, 0.717) is 35.3 Å². The van der Waals surface area contributed by atoms with Crippen LogP contribution in [0.4, 0.5) is 19.0 Å². The van der Waals surface area contributed by atoms with Crippen LogP contribution in [-0.2, 0) is 25.4 Å². The van der Waals surface area contributed by atoms with Crippen molar-refractivity contribution in [1.82, 2.24) is 29.7 Å². The molecule has 0 fully saturated rings. The van der Waals surface area contributed by atoms with Crippen LogP contribution in [0, 0.1) is 6.92 Å². The maximum absolute atomic E-state index is 14.3. The van der Waals surface area contributed by atoms with Crippen molar-refractivity contribution in [3.05, 3.63) is 42.0 Å². The molecule has 0 aliphatic heterocycles. The number of ether oxygens (including phenoxy) is 3. The van der Waals surface area contributed by atoms with E-state index < -0.39 is 37.5 Å². The fraction of sp³-hybridized carbons (Fsp3) is 0.538. The minimum absolute atomic E-state index is 0.198. The van der Waals surface area contributed by atoms with Crippen molar-refractivity contribution < 1.29 is 36.7 Å². The molecule has 1 aromatic carbocycles. The van der Waals surface area contributed by atoms with E-state index in [-0.39, 0.29) is 24.5 Å². The molecule has 3 atom stereocenters. The number of carbonyl (C=O) groups excluding carboxylic acids is 1. The standard InChI is InChI=1S/C26H37F3N7O5P/c1-7-10-39-24(37)25(5,6)35-42(38,34-18(4)20-9-8-19(11-16(20)2)41-26(27,28)29)15-40-17(3)12-36-14-33-21-22(30)31-13-32-23(21)36/h8-9,11,13-14,17-18H,7,10,12,15H2,1-6H3,(H2,30,31,32)(H2,34,35,38)/t17-,18-,42?/m1/s1. The summed E-state index contributed by atoms with van der Waals surface area (Å²) in [6.07, 6.45) is -2.15. The Labute approximate surface area is 242 Å². The third kappa shape index (κ3) is 8.87. The van der Waals surface area contributed by atoms with E-state index in [4.69, 9.17) is 15.2 Å². The van der Waals surface area contributed by atoms with Crippen LogP contribution >= 0.6 is 7.44 Å². The van der Waals surface area contributed by atoms with Gasteiger partial charge in [0.15, 0.2) is 11.5 Å². The van der Waals surface area contributed by atoms with E-state index in [9.17, 15) is 22.5 Å². The lowest BCUT2D eigenvalue weighted by atomic mass is 10.0. The van der Waals surface area contributed by atoms with E-state index >= 15 is 0 Å². The number of anilines is 1. The number of aromatic nitrogens is 4. The second-order valence-corrected chi connectivity index (χ2v) is 12.7. The summed E-state index contributed by atoms with van der Waals surface area (Å²) in [5.41, 5.74) is 6.52. The molecule has 0 aliphatic carbocycles. The Morgan fingerprint density at radius 3 is 2.55 bits per heavy atom. The molecule has 0 saturated carbocycles. The Balaban J connectivity index is 1.80. The molecule has 0 saturated heterocycles. The monoisotopic (exact) mass is 615 g/mol. The van der Waals surface area contributed by atoms with Crippen LogP contribution in [0.25, 0.3) is 11.2 Å². The van der Waals surface area contributed by atoms with Crippen molar-refractivity contribution in [1.29, 1.82) is 0 Å². The van der Waals surface area contributed by atoms with Gasteiger partial charge in [0.2, 0.25) is 7.44 Å². The number of nitrogens with two attached hydrogens (primary N) is 1. The summed E-state index contributed by atoms with van der Waals surface area (Å²) >= 11 is 0. The fourth-order valence-corrected chi connectivity index (χ4v) is 6.71. The van der Waals surface area contributed by atoms with E-state index in [1.54, 1.807) is 45.5 Å². The van der Waals surface area contributed by atoms with Gasteiger partial charge in [-0.1, -0.05) is 13.0 Å². The van der Waals surface area contributed by atoms with Crippen molar-refractivity contribution in [3.63, 3.8) is 0 Å². The number of imidazole rings is 1. The topological polar surface area (TPSA) is 156 Å². The van der Waals surface area contributed by atoms with Gasteiger partial charge in [-0.15, -0.1) is 13.2 Å². The van der Waals surface area contributed by atoms with Gasteiger partial charge in [0.25, 0.3) is 0 Å². The third-order valence-electron chi connectivity index (χ3n) is 6.18. The molecule has 1 unspecified atom stereocenters. The number of esters is 1. The van der Waals surface area contributed by atoms with E-state index in [2.05, 4.69) is 29.9 Å². The molecule has 0 amide bonds. The molecule has 0 radical (unpaired) electrons. The number of nitrogen functional groups attached to an aromatic ring is 1. The number of alkyl halides is 3. The number of benzene rings is 1. The van der Waals surface area contributed by atoms with Gasteiger partial charge in [0, 0.05) is 6.04 Å². The highest BCUT2D eigenvalue weighted by Gasteiger charge is 2.39. The largest absolute Gasteiger partial charge is 0.573 e. The molecule has 42 heavy (non-hydrogen) atoms. The molecule has 4 N–H and O–H groups in total. The van der Waals surface area contributed by atoms with Crippen LogP contribution in [0.5, 0.6) is 5.75 Å². The highest BCUT2D eigenvalue weighted by atomic mass is 31.2. The molecule has 2 aromatic heterocycles. The number of carbonyl (C=O) groups is 1. The Morgan fingerprint density at radius 1 is 1.19 bits per heavy atom. The molecule has 0 bridgehead atoms. The van der Waals surface area contributed by atoms with Crippen molar-refractivity contribution in [2.45, 2.75) is 78.6 Å². The smallest absolute Gasteiger partial charge is 0.464 e. The molecular weight excluding hydrogens is 578 g/mol. The minimum atomic E-state index is -4.83. The number of nitrogens with one attached hydrogen (secondary N) is 2. The van der Waals surface area contributed by atoms with Gasteiger partial charge in [-0.25, -0.2) is 25.1 Å². The van der Waals surface area contributed by atoms with Gasteiger partial charge in [-0.2, -0.15) is 0 Å². The molecule has 0 spiro atoms. The maximum Gasteiger partial charge on any atom is 0.573 e. The normalized spacial score (nSPS) is 15.3. The maximum atomic E-state index is 14.3. The molecule has 0 aliphatic rings. The van der Waals surface area contributed by atoms with Gasteiger partial charge in [0.1, 0.15) is 29.5 Å². The van der Waals surface area contributed by atoms with Gasteiger partial charge >= 0.3 is 12.3 Å². The van der Waals surface area contributed by atoms with Crippen LogP contribution < -0.4 is 20.6 Å². The number of fused-ring (bicyclic) bond motifs is 1. The highest BCUT2D eigenvalue weighted by Crippen LogP contribution is 2.43. The summed E-state index contributed by atoms with van der Waals surface area (Å²) in [6.45, 7) is 10.5. The molecule has 16 heteroatoms. The van der Waals surface area contributed by atoms with Gasteiger partial charge in [-0.3, -0.25) is 9.36 Å². The highest BCUT2D eigenvalue weighted by molar-refractivity contribution is 7.59. The summed E-state index contributed by atoms with van der Waals surface area (Å²) in [7, 11) is -3.72. The second-order valence-electron chi connectivity index (χ2n) is 10.5. The lowest BCUT2D eigenvalue weighted by molar-refractivity contribution is -0.274. The zero-order chi connectivity index (χ0) is 31.3.